The summed E-state index contributed by atoms with van der Waals surface area (Å²) in [5.74, 6) is -4.84. The van der Waals surface area contributed by atoms with Gasteiger partial charge in [0.05, 0.1) is 12.5 Å². The number of amides is 4. The fourth-order valence-electron chi connectivity index (χ4n) is 2.09. The third-order valence-corrected chi connectivity index (χ3v) is 3.94. The summed E-state index contributed by atoms with van der Waals surface area (Å²) in [6.07, 6.45) is 0.0450. The van der Waals surface area contributed by atoms with E-state index in [-0.39, 0.29) is 24.7 Å². The van der Waals surface area contributed by atoms with Gasteiger partial charge < -0.3 is 44.0 Å². The lowest BCUT2D eigenvalue weighted by molar-refractivity contribution is -0.138. The molecule has 0 aliphatic rings. The zero-order valence-corrected chi connectivity index (χ0v) is 17.1. The number of hydrogen-bond donors (Lipinski definition) is 9. The number of carboxylic acids is 1. The highest BCUT2D eigenvalue weighted by Gasteiger charge is 2.28. The highest BCUT2D eigenvalue weighted by molar-refractivity contribution is 7.80. The fourth-order valence-corrected chi connectivity index (χ4v) is 2.35. The van der Waals surface area contributed by atoms with Gasteiger partial charge in [0.2, 0.25) is 23.6 Å². The predicted molar refractivity (Wildman–Crippen MR) is 110 cm³/mol. The molecule has 0 fully saturated rings. The van der Waals surface area contributed by atoms with E-state index in [4.69, 9.17) is 28.0 Å². The Hall–Kier alpha value is -3.07. The minimum absolute atomic E-state index is 0.0997. The van der Waals surface area contributed by atoms with E-state index in [1.54, 1.807) is 0 Å². The second-order valence-corrected chi connectivity index (χ2v) is 6.51. The first-order chi connectivity index (χ1) is 14.0. The molecule has 12 N–H and O–H groups in total. The molecular formula is C15H28N8O6S. The third-order valence-electron chi connectivity index (χ3n) is 3.57. The summed E-state index contributed by atoms with van der Waals surface area (Å²) in [5.41, 5.74) is 21.2. The van der Waals surface area contributed by atoms with Crippen LogP contribution < -0.4 is 38.9 Å². The minimum atomic E-state index is -1.39. The number of rotatable bonds is 14. The Labute approximate surface area is 178 Å². The first kappa shape index (κ1) is 26.9. The second kappa shape index (κ2) is 14.0. The number of aliphatic carboxylic acids is 1. The largest absolute Gasteiger partial charge is 0.480 e. The third kappa shape index (κ3) is 11.7. The number of carbonyl (C=O) groups excluding carboxylic acids is 4. The molecule has 0 aliphatic carbocycles. The number of nitrogens with two attached hydrogens (primary N) is 4. The Morgan fingerprint density at radius 1 is 0.967 bits per heavy atom. The van der Waals surface area contributed by atoms with Crippen LogP contribution in [0.4, 0.5) is 0 Å². The van der Waals surface area contributed by atoms with Gasteiger partial charge in [-0.2, -0.15) is 12.6 Å². The van der Waals surface area contributed by atoms with Crippen molar-refractivity contribution >= 4 is 48.2 Å². The number of carbonyl (C=O) groups is 5. The number of thiol groups is 1. The molecule has 0 heterocycles. The van der Waals surface area contributed by atoms with Crippen LogP contribution in [0, 0.1) is 0 Å². The smallest absolute Gasteiger partial charge is 0.322 e. The highest BCUT2D eigenvalue weighted by Crippen LogP contribution is 2.00. The van der Waals surface area contributed by atoms with Crippen molar-refractivity contribution in [2.75, 3.05) is 18.8 Å². The summed E-state index contributed by atoms with van der Waals surface area (Å²) < 4.78 is 0. The lowest BCUT2D eigenvalue weighted by Gasteiger charge is -2.22. The number of primary amides is 1. The molecule has 4 amide bonds. The van der Waals surface area contributed by atoms with Gasteiger partial charge in [-0.25, -0.2) is 0 Å². The van der Waals surface area contributed by atoms with E-state index in [0.717, 1.165) is 0 Å². The highest BCUT2D eigenvalue weighted by atomic mass is 32.1. The van der Waals surface area contributed by atoms with Crippen molar-refractivity contribution in [2.45, 2.75) is 37.4 Å². The Morgan fingerprint density at radius 3 is 2.07 bits per heavy atom. The molecule has 0 aromatic rings. The molecule has 0 saturated heterocycles. The Morgan fingerprint density at radius 2 is 1.57 bits per heavy atom. The van der Waals surface area contributed by atoms with Gasteiger partial charge in [-0.15, -0.1) is 0 Å². The maximum Gasteiger partial charge on any atom is 0.322 e. The Kier molecular flexibility index (Phi) is 12.6. The van der Waals surface area contributed by atoms with Crippen LogP contribution in [-0.4, -0.2) is 77.6 Å². The minimum Gasteiger partial charge on any atom is -0.480 e. The molecule has 0 spiro atoms. The maximum atomic E-state index is 12.4. The van der Waals surface area contributed by atoms with Crippen LogP contribution in [0.25, 0.3) is 0 Å². The Bertz CT molecular complexity index is 670. The van der Waals surface area contributed by atoms with Crippen LogP contribution in [0.1, 0.15) is 19.3 Å². The van der Waals surface area contributed by atoms with Gasteiger partial charge in [0, 0.05) is 12.3 Å². The van der Waals surface area contributed by atoms with Gasteiger partial charge in [-0.05, 0) is 12.8 Å². The molecule has 0 saturated carbocycles. The van der Waals surface area contributed by atoms with Crippen molar-refractivity contribution in [1.82, 2.24) is 16.0 Å². The van der Waals surface area contributed by atoms with Crippen molar-refractivity contribution in [3.05, 3.63) is 0 Å². The van der Waals surface area contributed by atoms with Crippen LogP contribution in [0.3, 0.4) is 0 Å². The molecule has 0 radical (unpaired) electrons. The summed E-state index contributed by atoms with van der Waals surface area (Å²) in [4.78, 5) is 62.1. The average molecular weight is 449 g/mol. The molecule has 0 bridgehead atoms. The molecule has 170 valence electrons. The molecule has 0 aromatic heterocycles. The van der Waals surface area contributed by atoms with Crippen LogP contribution in [0.5, 0.6) is 0 Å². The van der Waals surface area contributed by atoms with E-state index >= 15 is 0 Å². The summed E-state index contributed by atoms with van der Waals surface area (Å²) in [5, 5.41) is 15.3. The van der Waals surface area contributed by atoms with E-state index in [2.05, 4.69) is 33.6 Å². The Balaban J connectivity index is 4.94. The topological polar surface area (TPSA) is 258 Å². The van der Waals surface area contributed by atoms with Crippen LogP contribution in [0.2, 0.25) is 0 Å². The molecule has 3 unspecified atom stereocenters. The van der Waals surface area contributed by atoms with E-state index in [9.17, 15) is 24.0 Å². The number of nitrogens with zero attached hydrogens (tertiary/aromatic N) is 1. The lowest BCUT2D eigenvalue weighted by atomic mass is 10.1. The molecule has 0 rings (SSSR count). The van der Waals surface area contributed by atoms with E-state index in [1.165, 1.54) is 0 Å². The maximum absolute atomic E-state index is 12.4. The van der Waals surface area contributed by atoms with Gasteiger partial charge in [0.25, 0.3) is 0 Å². The summed E-state index contributed by atoms with van der Waals surface area (Å²) in [6, 6.07) is -3.61. The number of guanidine groups is 1. The molecule has 0 aromatic carbocycles. The van der Waals surface area contributed by atoms with Gasteiger partial charge in [0.1, 0.15) is 18.6 Å². The van der Waals surface area contributed by atoms with Crippen LogP contribution in [0.15, 0.2) is 4.99 Å². The van der Waals surface area contributed by atoms with Gasteiger partial charge >= 0.3 is 5.97 Å². The van der Waals surface area contributed by atoms with Crippen LogP contribution >= 0.6 is 12.6 Å². The van der Waals surface area contributed by atoms with E-state index in [0.29, 0.717) is 6.42 Å². The number of carboxylic acid groups (broad SMARTS) is 1. The molecular weight excluding hydrogens is 420 g/mol. The zero-order chi connectivity index (χ0) is 23.3. The molecule has 14 nitrogen and oxygen atoms in total. The van der Waals surface area contributed by atoms with Crippen molar-refractivity contribution in [3.63, 3.8) is 0 Å². The quantitative estimate of drug-likeness (QED) is 0.0534. The average Bonchev–Trinajstić information content (AvgIpc) is 2.65. The SMILES string of the molecule is NC(=O)CC(NC(=O)C(N)CCCN=C(N)N)C(=O)NC(CS)C(=O)NCC(=O)O. The number of aliphatic imine (C=N–C) groups is 1. The van der Waals surface area contributed by atoms with E-state index in [1.807, 2.05) is 0 Å². The number of nitrogens with one attached hydrogen (secondary N) is 3. The number of hydrogen-bond acceptors (Lipinski definition) is 8. The van der Waals surface area contributed by atoms with Crippen molar-refractivity contribution < 1.29 is 29.1 Å². The zero-order valence-electron chi connectivity index (χ0n) is 16.2. The van der Waals surface area contributed by atoms with E-state index < -0.39 is 60.7 Å². The predicted octanol–water partition coefficient (Wildman–Crippen LogP) is -4.66. The van der Waals surface area contributed by atoms with Gasteiger partial charge in [-0.3, -0.25) is 29.0 Å². The van der Waals surface area contributed by atoms with Crippen molar-refractivity contribution in [3.8, 4) is 0 Å². The van der Waals surface area contributed by atoms with Crippen molar-refractivity contribution in [1.29, 1.82) is 0 Å². The monoisotopic (exact) mass is 448 g/mol. The van der Waals surface area contributed by atoms with Crippen LogP contribution in [-0.2, 0) is 24.0 Å². The molecule has 0 aliphatic heterocycles. The summed E-state index contributed by atoms with van der Waals surface area (Å²) in [7, 11) is 0. The standard InChI is InChI=1S/C15H28N8O6S/c16-7(2-1-3-20-15(18)19)12(27)22-8(4-10(17)24)14(29)23-9(6-30)13(28)21-5-11(25)26/h7-9,30H,1-6,16H2,(H2,17,24)(H,21,28)(H,22,27)(H,23,29)(H,25,26)(H4,18,19,20). The molecule has 15 heteroatoms. The first-order valence-electron chi connectivity index (χ1n) is 8.78. The normalized spacial score (nSPS) is 13.3. The fraction of sp³-hybridized carbons (Fsp3) is 0.600. The van der Waals surface area contributed by atoms with Crippen molar-refractivity contribution in [2.24, 2.45) is 27.9 Å². The molecule has 30 heavy (non-hydrogen) atoms. The lowest BCUT2D eigenvalue weighted by Crippen LogP contribution is -2.57. The summed E-state index contributed by atoms with van der Waals surface area (Å²) in [6.45, 7) is -0.404. The van der Waals surface area contributed by atoms with Gasteiger partial charge in [0.15, 0.2) is 5.96 Å². The first-order valence-corrected chi connectivity index (χ1v) is 9.41. The molecule has 3 atom stereocenters. The summed E-state index contributed by atoms with van der Waals surface area (Å²) >= 11 is 3.93. The van der Waals surface area contributed by atoms with Gasteiger partial charge in [-0.1, -0.05) is 0 Å². The second-order valence-electron chi connectivity index (χ2n) is 6.14.